The van der Waals surface area contributed by atoms with Crippen LogP contribution in [0.15, 0.2) is 45.8 Å². The molecule has 6 nitrogen and oxygen atoms in total. The molecular weight excluding hydrogens is 306 g/mol. The first-order chi connectivity index (χ1) is 11.6. The SMILES string of the molecule is Cc1ccc2c(c1)CCC(c1nc(-c3ccc(=O)n(C)c3)no1)O2. The molecule has 0 spiro atoms. The van der Waals surface area contributed by atoms with Crippen molar-refractivity contribution in [3.63, 3.8) is 0 Å². The summed E-state index contributed by atoms with van der Waals surface area (Å²) in [5.74, 6) is 1.79. The van der Waals surface area contributed by atoms with Crippen LogP contribution in [-0.2, 0) is 13.5 Å². The van der Waals surface area contributed by atoms with E-state index in [2.05, 4.69) is 23.1 Å². The van der Waals surface area contributed by atoms with E-state index in [1.807, 2.05) is 12.1 Å². The van der Waals surface area contributed by atoms with Crippen molar-refractivity contribution >= 4 is 0 Å². The normalized spacial score (nSPS) is 16.5. The lowest BCUT2D eigenvalue weighted by atomic mass is 10.0. The summed E-state index contributed by atoms with van der Waals surface area (Å²) in [4.78, 5) is 15.9. The largest absolute Gasteiger partial charge is 0.480 e. The van der Waals surface area contributed by atoms with E-state index in [0.29, 0.717) is 11.7 Å². The molecule has 1 aliphatic rings. The lowest BCUT2D eigenvalue weighted by molar-refractivity contribution is 0.135. The standard InChI is InChI=1S/C18H17N3O3/c1-11-3-6-14-12(9-11)4-7-15(23-14)18-19-17(20-24-18)13-5-8-16(22)21(2)10-13/h3,5-6,8-10,15H,4,7H2,1-2H3. The lowest BCUT2D eigenvalue weighted by Gasteiger charge is -2.23. The maximum atomic E-state index is 11.5. The van der Waals surface area contributed by atoms with Crippen LogP contribution in [0.1, 0.15) is 29.5 Å². The predicted octanol–water partition coefficient (Wildman–Crippen LogP) is 2.81. The van der Waals surface area contributed by atoms with Gasteiger partial charge in [-0.3, -0.25) is 4.79 Å². The van der Waals surface area contributed by atoms with Crippen LogP contribution >= 0.6 is 0 Å². The van der Waals surface area contributed by atoms with Crippen LogP contribution in [0.3, 0.4) is 0 Å². The van der Waals surface area contributed by atoms with E-state index in [9.17, 15) is 4.79 Å². The Hall–Kier alpha value is -2.89. The Kier molecular flexibility index (Phi) is 3.45. The second kappa shape index (κ2) is 5.63. The number of nitrogens with zero attached hydrogens (tertiary/aromatic N) is 3. The van der Waals surface area contributed by atoms with Gasteiger partial charge in [-0.1, -0.05) is 22.9 Å². The Morgan fingerprint density at radius 2 is 2.12 bits per heavy atom. The van der Waals surface area contributed by atoms with Crippen molar-refractivity contribution in [1.29, 1.82) is 0 Å². The van der Waals surface area contributed by atoms with Crippen molar-refractivity contribution in [2.24, 2.45) is 7.05 Å². The van der Waals surface area contributed by atoms with Crippen LogP contribution in [0.5, 0.6) is 5.75 Å². The summed E-state index contributed by atoms with van der Waals surface area (Å²) in [5, 5.41) is 4.02. The van der Waals surface area contributed by atoms with Gasteiger partial charge >= 0.3 is 0 Å². The van der Waals surface area contributed by atoms with Gasteiger partial charge in [-0.15, -0.1) is 0 Å². The number of rotatable bonds is 2. The zero-order valence-corrected chi connectivity index (χ0v) is 13.5. The van der Waals surface area contributed by atoms with Crippen LogP contribution in [0.4, 0.5) is 0 Å². The second-order valence-corrected chi connectivity index (χ2v) is 6.08. The third-order valence-electron chi connectivity index (χ3n) is 4.22. The monoisotopic (exact) mass is 323 g/mol. The molecule has 1 unspecified atom stereocenters. The highest BCUT2D eigenvalue weighted by atomic mass is 16.5. The summed E-state index contributed by atoms with van der Waals surface area (Å²) in [6.07, 6.45) is 3.16. The van der Waals surface area contributed by atoms with Gasteiger partial charge in [0.1, 0.15) is 5.75 Å². The molecule has 0 saturated carbocycles. The van der Waals surface area contributed by atoms with E-state index in [4.69, 9.17) is 9.26 Å². The van der Waals surface area contributed by atoms with Gasteiger partial charge in [-0.2, -0.15) is 4.98 Å². The van der Waals surface area contributed by atoms with E-state index in [1.165, 1.54) is 21.8 Å². The smallest absolute Gasteiger partial charge is 0.268 e. The Labute approximate surface area is 138 Å². The first-order valence-corrected chi connectivity index (χ1v) is 7.87. The molecule has 3 heterocycles. The number of benzene rings is 1. The number of pyridine rings is 1. The summed E-state index contributed by atoms with van der Waals surface area (Å²) in [5.41, 5.74) is 3.10. The van der Waals surface area contributed by atoms with E-state index in [-0.39, 0.29) is 11.7 Å². The van der Waals surface area contributed by atoms with Gasteiger partial charge in [-0.25, -0.2) is 0 Å². The fraction of sp³-hybridized carbons (Fsp3) is 0.278. The minimum atomic E-state index is -0.242. The molecule has 122 valence electrons. The molecule has 1 aliphatic heterocycles. The maximum absolute atomic E-state index is 11.5. The van der Waals surface area contributed by atoms with Gasteiger partial charge in [0.25, 0.3) is 5.89 Å². The Morgan fingerprint density at radius 1 is 1.25 bits per heavy atom. The third-order valence-corrected chi connectivity index (χ3v) is 4.22. The van der Waals surface area contributed by atoms with E-state index in [1.54, 1.807) is 19.3 Å². The number of hydrogen-bond donors (Lipinski definition) is 0. The van der Waals surface area contributed by atoms with Gasteiger partial charge in [-0.05, 0) is 37.5 Å². The lowest BCUT2D eigenvalue weighted by Crippen LogP contribution is -2.15. The fourth-order valence-corrected chi connectivity index (χ4v) is 2.90. The zero-order valence-electron chi connectivity index (χ0n) is 13.5. The molecule has 2 aromatic heterocycles. The summed E-state index contributed by atoms with van der Waals surface area (Å²) in [6, 6.07) is 9.35. The molecule has 24 heavy (non-hydrogen) atoms. The van der Waals surface area contributed by atoms with Gasteiger partial charge in [0.05, 0.1) is 0 Å². The molecular formula is C18H17N3O3. The third kappa shape index (κ3) is 2.60. The van der Waals surface area contributed by atoms with Crippen molar-refractivity contribution in [1.82, 2.24) is 14.7 Å². The first-order valence-electron chi connectivity index (χ1n) is 7.87. The number of aromatic nitrogens is 3. The first kappa shape index (κ1) is 14.7. The van der Waals surface area contributed by atoms with Crippen LogP contribution in [0.25, 0.3) is 11.4 Å². The molecule has 0 aliphatic carbocycles. The molecule has 6 heteroatoms. The second-order valence-electron chi connectivity index (χ2n) is 6.08. The van der Waals surface area contributed by atoms with Gasteiger partial charge in [0, 0.05) is 24.9 Å². The molecule has 1 atom stereocenters. The Morgan fingerprint density at radius 3 is 2.96 bits per heavy atom. The highest BCUT2D eigenvalue weighted by Gasteiger charge is 2.26. The predicted molar refractivity (Wildman–Crippen MR) is 87.8 cm³/mol. The summed E-state index contributed by atoms with van der Waals surface area (Å²) in [6.45, 7) is 2.07. The van der Waals surface area contributed by atoms with E-state index in [0.717, 1.165) is 24.2 Å². The van der Waals surface area contributed by atoms with E-state index >= 15 is 0 Å². The van der Waals surface area contributed by atoms with Crippen LogP contribution in [0.2, 0.25) is 0 Å². The number of ether oxygens (including phenoxy) is 1. The molecule has 1 aromatic carbocycles. The topological polar surface area (TPSA) is 70.2 Å². The zero-order chi connectivity index (χ0) is 16.7. The van der Waals surface area contributed by atoms with Gasteiger partial charge in [0.15, 0.2) is 6.10 Å². The van der Waals surface area contributed by atoms with Crippen molar-refractivity contribution in [2.45, 2.75) is 25.9 Å². The van der Waals surface area contributed by atoms with Gasteiger partial charge in [0.2, 0.25) is 11.4 Å². The highest BCUT2D eigenvalue weighted by Crippen LogP contribution is 2.35. The molecule has 4 rings (SSSR count). The molecule has 0 bridgehead atoms. The molecule has 0 amide bonds. The Bertz CT molecular complexity index is 958. The van der Waals surface area contributed by atoms with Crippen LogP contribution in [0, 0.1) is 6.92 Å². The molecule has 0 radical (unpaired) electrons. The van der Waals surface area contributed by atoms with Crippen LogP contribution in [-0.4, -0.2) is 14.7 Å². The average molecular weight is 323 g/mol. The summed E-state index contributed by atoms with van der Waals surface area (Å²) < 4.78 is 12.9. The van der Waals surface area contributed by atoms with Crippen LogP contribution < -0.4 is 10.3 Å². The average Bonchev–Trinajstić information content (AvgIpc) is 3.07. The minimum Gasteiger partial charge on any atom is -0.480 e. The summed E-state index contributed by atoms with van der Waals surface area (Å²) in [7, 11) is 1.69. The van der Waals surface area contributed by atoms with E-state index < -0.39 is 0 Å². The molecule has 0 fully saturated rings. The van der Waals surface area contributed by atoms with Crippen molar-refractivity contribution < 1.29 is 9.26 Å². The van der Waals surface area contributed by atoms with Crippen molar-refractivity contribution in [3.05, 3.63) is 63.9 Å². The minimum absolute atomic E-state index is 0.0787. The van der Waals surface area contributed by atoms with Crippen molar-refractivity contribution in [2.75, 3.05) is 0 Å². The molecule has 3 aromatic rings. The summed E-state index contributed by atoms with van der Waals surface area (Å²) >= 11 is 0. The maximum Gasteiger partial charge on any atom is 0.268 e. The Balaban J connectivity index is 1.60. The fourth-order valence-electron chi connectivity index (χ4n) is 2.90. The molecule has 0 N–H and O–H groups in total. The number of fused-ring (bicyclic) bond motifs is 1. The number of hydrogen-bond acceptors (Lipinski definition) is 5. The number of aryl methyl sites for hydroxylation is 3. The molecule has 0 saturated heterocycles. The van der Waals surface area contributed by atoms with Gasteiger partial charge < -0.3 is 13.8 Å². The highest BCUT2D eigenvalue weighted by molar-refractivity contribution is 5.52. The van der Waals surface area contributed by atoms with Crippen molar-refractivity contribution in [3.8, 4) is 17.1 Å². The quantitative estimate of drug-likeness (QED) is 0.725.